The van der Waals surface area contributed by atoms with Crippen LogP contribution < -0.4 is 10.1 Å². The molecule has 1 atom stereocenters. The average molecular weight is 356 g/mol. The molecule has 1 aliphatic rings. The topological polar surface area (TPSA) is 41.6 Å². The molecule has 1 fully saturated rings. The number of nitrogens with one attached hydrogen (secondary N) is 1. The van der Waals surface area contributed by atoms with Crippen LogP contribution in [0, 0.1) is 18.7 Å². The number of aryl methyl sites for hydroxylation is 1. The van der Waals surface area contributed by atoms with Crippen molar-refractivity contribution in [3.05, 3.63) is 65.5 Å². The van der Waals surface area contributed by atoms with Gasteiger partial charge >= 0.3 is 6.03 Å². The number of carbonyl (C=O) groups excluding carboxylic acids is 1. The third-order valence-corrected chi connectivity index (χ3v) is 4.75. The van der Waals surface area contributed by atoms with E-state index < -0.39 is 0 Å². The number of halogens is 1. The van der Waals surface area contributed by atoms with E-state index in [1.54, 1.807) is 12.1 Å². The molecule has 0 spiro atoms. The van der Waals surface area contributed by atoms with E-state index in [-0.39, 0.29) is 11.8 Å². The number of ether oxygens (including phenoxy) is 1. The van der Waals surface area contributed by atoms with Crippen LogP contribution in [0.25, 0.3) is 0 Å². The molecule has 0 aliphatic carbocycles. The molecule has 0 aromatic heterocycles. The Kier molecular flexibility index (Phi) is 6.10. The van der Waals surface area contributed by atoms with Crippen LogP contribution in [0.5, 0.6) is 5.75 Å². The molecule has 1 heterocycles. The first-order chi connectivity index (χ1) is 12.6. The lowest BCUT2D eigenvalue weighted by atomic mass is 10.1. The zero-order valence-corrected chi connectivity index (χ0v) is 15.1. The molecule has 0 saturated carbocycles. The monoisotopic (exact) mass is 356 g/mol. The number of nitrogens with zero attached hydrogens (tertiary/aromatic N) is 1. The molecule has 0 bridgehead atoms. The summed E-state index contributed by atoms with van der Waals surface area (Å²) in [4.78, 5) is 14.2. The molecule has 5 heteroatoms. The summed E-state index contributed by atoms with van der Waals surface area (Å²) in [5, 5.41) is 2.99. The first-order valence-corrected chi connectivity index (χ1v) is 9.07. The van der Waals surface area contributed by atoms with Gasteiger partial charge in [-0.2, -0.15) is 0 Å². The van der Waals surface area contributed by atoms with Crippen molar-refractivity contribution in [2.24, 2.45) is 5.92 Å². The highest BCUT2D eigenvalue weighted by atomic mass is 19.1. The van der Waals surface area contributed by atoms with Gasteiger partial charge in [-0.05, 0) is 55.5 Å². The van der Waals surface area contributed by atoms with Gasteiger partial charge in [-0.3, -0.25) is 0 Å². The minimum absolute atomic E-state index is 0.00692. The Balaban J connectivity index is 1.36. The maximum atomic E-state index is 12.9. The molecule has 2 amide bonds. The molecule has 3 rings (SSSR count). The molecule has 1 N–H and O–H groups in total. The number of hydrogen-bond acceptors (Lipinski definition) is 2. The Morgan fingerprint density at radius 2 is 1.92 bits per heavy atom. The third kappa shape index (κ3) is 5.22. The zero-order chi connectivity index (χ0) is 18.4. The molecule has 0 radical (unpaired) electrons. The van der Waals surface area contributed by atoms with Crippen molar-refractivity contribution >= 4 is 6.03 Å². The fourth-order valence-corrected chi connectivity index (χ4v) is 3.12. The van der Waals surface area contributed by atoms with Gasteiger partial charge in [0.05, 0.1) is 6.61 Å². The van der Waals surface area contributed by atoms with E-state index in [2.05, 4.69) is 17.4 Å². The van der Waals surface area contributed by atoms with Crippen molar-refractivity contribution in [3.63, 3.8) is 0 Å². The lowest BCUT2D eigenvalue weighted by Gasteiger charge is -2.17. The largest absolute Gasteiger partial charge is 0.494 e. The van der Waals surface area contributed by atoms with Gasteiger partial charge in [0.15, 0.2) is 0 Å². The van der Waals surface area contributed by atoms with Gasteiger partial charge in [0.25, 0.3) is 0 Å². The molecular weight excluding hydrogens is 331 g/mol. The number of urea groups is 1. The second-order valence-corrected chi connectivity index (χ2v) is 6.84. The second kappa shape index (κ2) is 8.70. The van der Waals surface area contributed by atoms with E-state index in [0.29, 0.717) is 24.8 Å². The van der Waals surface area contributed by atoms with Crippen LogP contribution in [0.4, 0.5) is 9.18 Å². The highest BCUT2D eigenvalue weighted by molar-refractivity contribution is 5.74. The van der Waals surface area contributed by atoms with Gasteiger partial charge in [-0.1, -0.05) is 29.8 Å². The van der Waals surface area contributed by atoms with Crippen molar-refractivity contribution in [1.82, 2.24) is 10.2 Å². The van der Waals surface area contributed by atoms with Crippen LogP contribution >= 0.6 is 0 Å². The molecular formula is C21H25FN2O2. The third-order valence-electron chi connectivity index (χ3n) is 4.75. The zero-order valence-electron chi connectivity index (χ0n) is 15.1. The Morgan fingerprint density at radius 3 is 2.65 bits per heavy atom. The van der Waals surface area contributed by atoms with E-state index in [9.17, 15) is 9.18 Å². The van der Waals surface area contributed by atoms with E-state index in [0.717, 1.165) is 31.5 Å². The number of hydrogen-bond donors (Lipinski definition) is 1. The molecule has 2 aromatic carbocycles. The summed E-state index contributed by atoms with van der Waals surface area (Å²) < 4.78 is 18.5. The maximum absolute atomic E-state index is 12.9. The SMILES string of the molecule is Cc1ccc(CNC(=O)N2CCC(CCOc3ccc(F)cc3)C2)cc1. The summed E-state index contributed by atoms with van der Waals surface area (Å²) >= 11 is 0. The lowest BCUT2D eigenvalue weighted by Crippen LogP contribution is -2.38. The van der Waals surface area contributed by atoms with Gasteiger partial charge in [-0.15, -0.1) is 0 Å². The van der Waals surface area contributed by atoms with E-state index in [1.807, 2.05) is 24.0 Å². The fourth-order valence-electron chi connectivity index (χ4n) is 3.12. The minimum Gasteiger partial charge on any atom is -0.494 e. The summed E-state index contributed by atoms with van der Waals surface area (Å²) in [5.41, 5.74) is 2.32. The quantitative estimate of drug-likeness (QED) is 0.845. The van der Waals surface area contributed by atoms with Gasteiger partial charge < -0.3 is 15.0 Å². The Hall–Kier alpha value is -2.56. The number of likely N-dealkylation sites (tertiary alicyclic amines) is 1. The maximum Gasteiger partial charge on any atom is 0.317 e. The number of amides is 2. The molecule has 138 valence electrons. The van der Waals surface area contributed by atoms with Crippen LogP contribution in [0.3, 0.4) is 0 Å². The normalized spacial score (nSPS) is 16.5. The van der Waals surface area contributed by atoms with Gasteiger partial charge in [0.1, 0.15) is 11.6 Å². The van der Waals surface area contributed by atoms with Crippen LogP contribution in [0.15, 0.2) is 48.5 Å². The van der Waals surface area contributed by atoms with Crippen molar-refractivity contribution < 1.29 is 13.9 Å². The Labute approximate surface area is 154 Å². The summed E-state index contributed by atoms with van der Waals surface area (Å²) in [5.74, 6) is 0.859. The molecule has 1 saturated heterocycles. The summed E-state index contributed by atoms with van der Waals surface area (Å²) in [6, 6.07) is 14.2. The Morgan fingerprint density at radius 1 is 1.19 bits per heavy atom. The first-order valence-electron chi connectivity index (χ1n) is 9.07. The van der Waals surface area contributed by atoms with E-state index >= 15 is 0 Å². The number of benzene rings is 2. The van der Waals surface area contributed by atoms with E-state index in [4.69, 9.17) is 4.74 Å². The number of rotatable bonds is 6. The molecule has 1 unspecified atom stereocenters. The summed E-state index contributed by atoms with van der Waals surface area (Å²) in [6.45, 7) is 4.71. The highest BCUT2D eigenvalue weighted by Gasteiger charge is 2.25. The molecule has 4 nitrogen and oxygen atoms in total. The molecule has 26 heavy (non-hydrogen) atoms. The van der Waals surface area contributed by atoms with Crippen molar-refractivity contribution in [3.8, 4) is 5.75 Å². The van der Waals surface area contributed by atoms with E-state index in [1.165, 1.54) is 17.7 Å². The standard InChI is InChI=1S/C21H25FN2O2/c1-16-2-4-17(5-3-16)14-23-21(25)24-12-10-18(15-24)11-13-26-20-8-6-19(22)7-9-20/h2-9,18H,10-15H2,1H3,(H,23,25). The van der Waals surface area contributed by atoms with Gasteiger partial charge in [-0.25, -0.2) is 9.18 Å². The van der Waals surface area contributed by atoms with Crippen molar-refractivity contribution in [2.45, 2.75) is 26.3 Å². The predicted octanol–water partition coefficient (Wildman–Crippen LogP) is 4.13. The smallest absolute Gasteiger partial charge is 0.317 e. The molecule has 2 aromatic rings. The predicted molar refractivity (Wildman–Crippen MR) is 99.6 cm³/mol. The van der Waals surface area contributed by atoms with Gasteiger partial charge in [0.2, 0.25) is 0 Å². The fraction of sp³-hybridized carbons (Fsp3) is 0.381. The Bertz CT molecular complexity index is 716. The van der Waals surface area contributed by atoms with Crippen LogP contribution in [-0.2, 0) is 6.54 Å². The highest BCUT2D eigenvalue weighted by Crippen LogP contribution is 2.20. The van der Waals surface area contributed by atoms with Crippen LogP contribution in [0.2, 0.25) is 0 Å². The van der Waals surface area contributed by atoms with Crippen molar-refractivity contribution in [2.75, 3.05) is 19.7 Å². The average Bonchev–Trinajstić information content (AvgIpc) is 3.12. The number of carbonyl (C=O) groups is 1. The van der Waals surface area contributed by atoms with Crippen LogP contribution in [0.1, 0.15) is 24.0 Å². The second-order valence-electron chi connectivity index (χ2n) is 6.84. The van der Waals surface area contributed by atoms with Crippen LogP contribution in [-0.4, -0.2) is 30.6 Å². The lowest BCUT2D eigenvalue weighted by molar-refractivity contribution is 0.204. The van der Waals surface area contributed by atoms with Gasteiger partial charge in [0, 0.05) is 19.6 Å². The summed E-state index contributed by atoms with van der Waals surface area (Å²) in [6.07, 6.45) is 1.88. The van der Waals surface area contributed by atoms with Crippen molar-refractivity contribution in [1.29, 1.82) is 0 Å². The molecule has 1 aliphatic heterocycles. The first kappa shape index (κ1) is 18.2. The summed E-state index contributed by atoms with van der Waals surface area (Å²) in [7, 11) is 0. The minimum atomic E-state index is -0.263.